The fourth-order valence-electron chi connectivity index (χ4n) is 4.86. The van der Waals surface area contributed by atoms with Crippen LogP contribution in [0.5, 0.6) is 5.75 Å². The van der Waals surface area contributed by atoms with Gasteiger partial charge in [0.2, 0.25) is 0 Å². The Bertz CT molecular complexity index is 1270. The van der Waals surface area contributed by atoms with Crippen molar-refractivity contribution in [2.75, 3.05) is 19.0 Å². The molecular formula is C29H25NO2. The van der Waals surface area contributed by atoms with Gasteiger partial charge in [0.1, 0.15) is 18.0 Å². The highest BCUT2D eigenvalue weighted by Gasteiger charge is 2.47. The third-order valence-corrected chi connectivity index (χ3v) is 6.53. The summed E-state index contributed by atoms with van der Waals surface area (Å²) in [7, 11) is 4.09. The van der Waals surface area contributed by atoms with E-state index in [9.17, 15) is 0 Å². The van der Waals surface area contributed by atoms with Crippen LogP contribution >= 0.6 is 0 Å². The molecule has 0 fully saturated rings. The number of anilines is 1. The average Bonchev–Trinajstić information content (AvgIpc) is 2.83. The molecule has 1 spiro atoms. The second-order valence-electron chi connectivity index (χ2n) is 8.80. The van der Waals surface area contributed by atoms with Crippen molar-refractivity contribution in [2.24, 2.45) is 0 Å². The number of ether oxygens (including phenoxy) is 2. The summed E-state index contributed by atoms with van der Waals surface area (Å²) in [5.74, 6) is 0.873. The van der Waals surface area contributed by atoms with Crippen LogP contribution < -0.4 is 9.64 Å². The lowest BCUT2D eigenvalue weighted by Crippen LogP contribution is -2.46. The number of rotatable bonds is 2. The average molecular weight is 420 g/mol. The molecular weight excluding hydrogens is 394 g/mol. The number of benzene rings is 3. The van der Waals surface area contributed by atoms with Crippen LogP contribution in [0.3, 0.4) is 0 Å². The van der Waals surface area contributed by atoms with Gasteiger partial charge in [0, 0.05) is 31.4 Å². The molecule has 158 valence electrons. The Morgan fingerprint density at radius 3 is 2.50 bits per heavy atom. The fourth-order valence-corrected chi connectivity index (χ4v) is 4.86. The number of hydrogen-bond donors (Lipinski definition) is 0. The molecule has 0 radical (unpaired) electrons. The Morgan fingerprint density at radius 2 is 1.66 bits per heavy atom. The van der Waals surface area contributed by atoms with Gasteiger partial charge in [-0.15, -0.1) is 0 Å². The predicted octanol–water partition coefficient (Wildman–Crippen LogP) is 6.15. The first kappa shape index (κ1) is 19.1. The Hall–Kier alpha value is -3.56. The van der Waals surface area contributed by atoms with Gasteiger partial charge in [-0.2, -0.15) is 0 Å². The highest BCUT2D eigenvalue weighted by Crippen LogP contribution is 2.49. The van der Waals surface area contributed by atoms with Gasteiger partial charge in [-0.25, -0.2) is 0 Å². The molecule has 3 heteroatoms. The molecule has 3 unspecified atom stereocenters. The summed E-state index contributed by atoms with van der Waals surface area (Å²) in [6.45, 7) is 0. The van der Waals surface area contributed by atoms with Crippen LogP contribution in [0.1, 0.15) is 28.4 Å². The van der Waals surface area contributed by atoms with Crippen LogP contribution in [-0.4, -0.2) is 25.8 Å². The second kappa shape index (κ2) is 7.25. The van der Waals surface area contributed by atoms with Crippen molar-refractivity contribution < 1.29 is 9.47 Å². The molecule has 0 amide bonds. The van der Waals surface area contributed by atoms with Crippen molar-refractivity contribution in [3.05, 3.63) is 113 Å². The minimum Gasteiger partial charge on any atom is -0.475 e. The van der Waals surface area contributed by atoms with Crippen molar-refractivity contribution in [2.45, 2.75) is 17.8 Å². The van der Waals surface area contributed by atoms with Gasteiger partial charge >= 0.3 is 0 Å². The van der Waals surface area contributed by atoms with Crippen LogP contribution in [0.2, 0.25) is 0 Å². The molecule has 3 aromatic carbocycles. The standard InChI is InChI=1S/C29H25NO2/c1-30(2)23-14-12-21-16-17-29(32-27(21)18-23)19-25-24-11-7-6-8-20(24)13-15-26(25)31-28(29)22-9-4-3-5-10-22/h3-19,26,28H,1-2H3. The lowest BCUT2D eigenvalue weighted by Gasteiger charge is -2.45. The molecule has 0 saturated heterocycles. The third kappa shape index (κ3) is 3.01. The van der Waals surface area contributed by atoms with E-state index in [2.05, 4.69) is 102 Å². The fraction of sp³-hybridized carbons (Fsp3) is 0.172. The van der Waals surface area contributed by atoms with Gasteiger partial charge < -0.3 is 14.4 Å². The van der Waals surface area contributed by atoms with Crippen LogP contribution in [0.25, 0.3) is 17.7 Å². The highest BCUT2D eigenvalue weighted by atomic mass is 16.6. The number of nitrogens with zero attached hydrogens (tertiary/aromatic N) is 1. The lowest BCUT2D eigenvalue weighted by molar-refractivity contribution is -0.0640. The summed E-state index contributed by atoms with van der Waals surface area (Å²) < 4.78 is 13.6. The SMILES string of the molecule is CN(C)c1ccc2c(c1)OC1(C=C2)C=C2c3ccccc3C=CC2OC1c1ccccc1. The molecule has 3 aliphatic rings. The Labute approximate surface area is 188 Å². The van der Waals surface area contributed by atoms with Crippen LogP contribution in [0.15, 0.2) is 91.0 Å². The van der Waals surface area contributed by atoms with Gasteiger partial charge in [0.15, 0.2) is 5.60 Å². The smallest absolute Gasteiger partial charge is 0.176 e. The van der Waals surface area contributed by atoms with Gasteiger partial charge in [0.05, 0.1) is 0 Å². The zero-order valence-electron chi connectivity index (χ0n) is 18.2. The summed E-state index contributed by atoms with van der Waals surface area (Å²) in [5.41, 5.74) is 6.14. The summed E-state index contributed by atoms with van der Waals surface area (Å²) >= 11 is 0. The predicted molar refractivity (Wildman–Crippen MR) is 131 cm³/mol. The molecule has 3 atom stereocenters. The van der Waals surface area contributed by atoms with Crippen LogP contribution in [0.4, 0.5) is 5.69 Å². The zero-order valence-corrected chi connectivity index (χ0v) is 18.2. The molecule has 1 aliphatic carbocycles. The summed E-state index contributed by atoms with van der Waals surface area (Å²) in [4.78, 5) is 2.09. The molecule has 3 nitrogen and oxygen atoms in total. The molecule has 3 aromatic rings. The molecule has 2 aliphatic heterocycles. The number of hydrogen-bond acceptors (Lipinski definition) is 3. The number of fused-ring (bicyclic) bond motifs is 4. The maximum Gasteiger partial charge on any atom is 0.176 e. The molecule has 32 heavy (non-hydrogen) atoms. The van der Waals surface area contributed by atoms with Crippen LogP contribution in [-0.2, 0) is 4.74 Å². The largest absolute Gasteiger partial charge is 0.475 e. The normalized spacial score (nSPS) is 24.8. The zero-order chi connectivity index (χ0) is 21.7. The van der Waals surface area contributed by atoms with E-state index in [0.717, 1.165) is 28.1 Å². The maximum absolute atomic E-state index is 6.84. The quantitative estimate of drug-likeness (QED) is 0.497. The van der Waals surface area contributed by atoms with E-state index in [4.69, 9.17) is 9.47 Å². The van der Waals surface area contributed by atoms with E-state index in [-0.39, 0.29) is 12.2 Å². The van der Waals surface area contributed by atoms with Gasteiger partial charge in [-0.1, -0.05) is 72.8 Å². The molecule has 0 bridgehead atoms. The molecule has 0 aromatic heterocycles. The minimum absolute atomic E-state index is 0.104. The molecule has 0 N–H and O–H groups in total. The Balaban J connectivity index is 1.53. The summed E-state index contributed by atoms with van der Waals surface area (Å²) in [6, 6.07) is 25.2. The highest BCUT2D eigenvalue weighted by molar-refractivity contribution is 5.84. The van der Waals surface area contributed by atoms with E-state index < -0.39 is 5.60 Å². The monoisotopic (exact) mass is 419 g/mol. The molecule has 2 heterocycles. The maximum atomic E-state index is 6.84. The van der Waals surface area contributed by atoms with Crippen molar-refractivity contribution >= 4 is 23.4 Å². The lowest BCUT2D eigenvalue weighted by atomic mass is 9.79. The van der Waals surface area contributed by atoms with Crippen molar-refractivity contribution in [3.63, 3.8) is 0 Å². The first-order valence-electron chi connectivity index (χ1n) is 11.0. The van der Waals surface area contributed by atoms with Gasteiger partial charge in [-0.3, -0.25) is 0 Å². The van der Waals surface area contributed by atoms with E-state index in [1.54, 1.807) is 0 Å². The first-order valence-corrected chi connectivity index (χ1v) is 11.0. The van der Waals surface area contributed by atoms with E-state index in [0.29, 0.717) is 0 Å². The van der Waals surface area contributed by atoms with Gasteiger partial charge in [0.25, 0.3) is 0 Å². The van der Waals surface area contributed by atoms with E-state index in [1.807, 2.05) is 20.2 Å². The first-order chi connectivity index (χ1) is 15.6. The van der Waals surface area contributed by atoms with Crippen molar-refractivity contribution in [1.29, 1.82) is 0 Å². The molecule has 0 saturated carbocycles. The van der Waals surface area contributed by atoms with E-state index >= 15 is 0 Å². The summed E-state index contributed by atoms with van der Waals surface area (Å²) in [6.07, 6.45) is 10.6. The topological polar surface area (TPSA) is 21.7 Å². The third-order valence-electron chi connectivity index (χ3n) is 6.53. The Morgan fingerprint density at radius 1 is 0.844 bits per heavy atom. The van der Waals surface area contributed by atoms with Crippen molar-refractivity contribution in [1.82, 2.24) is 0 Å². The van der Waals surface area contributed by atoms with E-state index in [1.165, 1.54) is 11.1 Å². The van der Waals surface area contributed by atoms with Crippen molar-refractivity contribution in [3.8, 4) is 5.75 Å². The molecule has 6 rings (SSSR count). The second-order valence-corrected chi connectivity index (χ2v) is 8.80. The minimum atomic E-state index is -0.733. The van der Waals surface area contributed by atoms with Gasteiger partial charge in [-0.05, 0) is 46.5 Å². The summed E-state index contributed by atoms with van der Waals surface area (Å²) in [5, 5.41) is 0. The van der Waals surface area contributed by atoms with Crippen LogP contribution in [0, 0.1) is 0 Å². The Kier molecular flexibility index (Phi) is 4.34.